The van der Waals surface area contributed by atoms with Crippen molar-refractivity contribution in [1.29, 1.82) is 0 Å². The highest BCUT2D eigenvalue weighted by molar-refractivity contribution is 5.89. The summed E-state index contributed by atoms with van der Waals surface area (Å²) in [5.41, 5.74) is -0.0185. The van der Waals surface area contributed by atoms with Gasteiger partial charge < -0.3 is 19.4 Å². The molecule has 0 aliphatic rings. The first-order valence-electron chi connectivity index (χ1n) is 6.03. The van der Waals surface area contributed by atoms with Gasteiger partial charge in [-0.25, -0.2) is 9.59 Å². The quantitative estimate of drug-likeness (QED) is 0.845. The average Bonchev–Trinajstić information content (AvgIpc) is 2.74. The fourth-order valence-corrected chi connectivity index (χ4v) is 1.42. The van der Waals surface area contributed by atoms with Crippen LogP contribution in [0, 0.1) is 0 Å². The van der Waals surface area contributed by atoms with E-state index in [9.17, 15) is 9.59 Å². The Morgan fingerprint density at radius 2 is 2.05 bits per heavy atom. The number of nitrogens with zero attached hydrogens (tertiary/aromatic N) is 1. The fourth-order valence-electron chi connectivity index (χ4n) is 1.42. The predicted octanol–water partition coefficient (Wildman–Crippen LogP) is 1.80. The zero-order valence-corrected chi connectivity index (χ0v) is 11.7. The molecule has 0 atom stereocenters. The summed E-state index contributed by atoms with van der Waals surface area (Å²) in [5.74, 6) is -0.376. The molecule has 1 amide bonds. The molecule has 1 N–H and O–H groups in total. The standard InChI is InChI=1S/C13H20N2O4/c1-13(2,3)19-12(17)14-6-8-15-7-5-10(9-15)11(16)18-4/h5,7,9H,6,8H2,1-4H3,(H,14,17). The number of methoxy groups -OCH3 is 1. The van der Waals surface area contributed by atoms with Crippen molar-refractivity contribution in [3.8, 4) is 0 Å². The topological polar surface area (TPSA) is 69.6 Å². The van der Waals surface area contributed by atoms with Gasteiger partial charge in [0.1, 0.15) is 5.60 Å². The van der Waals surface area contributed by atoms with Crippen molar-refractivity contribution < 1.29 is 19.1 Å². The molecule has 0 saturated carbocycles. The minimum Gasteiger partial charge on any atom is -0.465 e. The van der Waals surface area contributed by atoms with Crippen molar-refractivity contribution >= 4 is 12.1 Å². The van der Waals surface area contributed by atoms with Crippen LogP contribution in [0.1, 0.15) is 31.1 Å². The third-order valence-corrected chi connectivity index (χ3v) is 2.21. The smallest absolute Gasteiger partial charge is 0.407 e. The first kappa shape index (κ1) is 15.1. The maximum atomic E-state index is 11.4. The normalized spacial score (nSPS) is 10.9. The van der Waals surface area contributed by atoms with Gasteiger partial charge in [0.05, 0.1) is 12.7 Å². The number of carbonyl (C=O) groups is 2. The first-order valence-corrected chi connectivity index (χ1v) is 6.03. The summed E-state index contributed by atoms with van der Waals surface area (Å²) in [6, 6.07) is 1.67. The van der Waals surface area contributed by atoms with E-state index >= 15 is 0 Å². The van der Waals surface area contributed by atoms with E-state index in [1.54, 1.807) is 43.8 Å². The number of aromatic nitrogens is 1. The van der Waals surface area contributed by atoms with Crippen LogP contribution in [0.25, 0.3) is 0 Å². The predicted molar refractivity (Wildman–Crippen MR) is 70.0 cm³/mol. The summed E-state index contributed by atoms with van der Waals surface area (Å²) < 4.78 is 11.5. The summed E-state index contributed by atoms with van der Waals surface area (Å²) >= 11 is 0. The Bertz CT molecular complexity index is 446. The molecule has 1 aromatic heterocycles. The van der Waals surface area contributed by atoms with Crippen LogP contribution in [0.3, 0.4) is 0 Å². The minimum absolute atomic E-state index is 0.376. The number of amides is 1. The number of hydrogen-bond donors (Lipinski definition) is 1. The van der Waals surface area contributed by atoms with Crippen LogP contribution in [-0.4, -0.2) is 35.9 Å². The molecule has 0 saturated heterocycles. The molecule has 0 aliphatic heterocycles. The Kier molecular flexibility index (Phi) is 4.97. The van der Waals surface area contributed by atoms with Crippen molar-refractivity contribution in [2.45, 2.75) is 32.9 Å². The Morgan fingerprint density at radius 1 is 1.37 bits per heavy atom. The van der Waals surface area contributed by atoms with E-state index in [4.69, 9.17) is 4.74 Å². The first-order chi connectivity index (χ1) is 8.81. The van der Waals surface area contributed by atoms with Crippen LogP contribution in [0.4, 0.5) is 4.79 Å². The van der Waals surface area contributed by atoms with Gasteiger partial charge in [-0.2, -0.15) is 0 Å². The number of nitrogens with one attached hydrogen (secondary N) is 1. The van der Waals surface area contributed by atoms with E-state index in [1.807, 2.05) is 0 Å². The van der Waals surface area contributed by atoms with E-state index in [0.29, 0.717) is 18.7 Å². The summed E-state index contributed by atoms with van der Waals surface area (Å²) in [7, 11) is 1.34. The largest absolute Gasteiger partial charge is 0.465 e. The molecule has 6 nitrogen and oxygen atoms in total. The number of carbonyl (C=O) groups excluding carboxylic acids is 2. The number of rotatable bonds is 4. The molecular weight excluding hydrogens is 248 g/mol. The highest BCUT2D eigenvalue weighted by atomic mass is 16.6. The molecule has 0 bridgehead atoms. The molecule has 106 valence electrons. The molecule has 0 aliphatic carbocycles. The monoisotopic (exact) mass is 268 g/mol. The van der Waals surface area contributed by atoms with Gasteiger partial charge in [-0.3, -0.25) is 0 Å². The molecule has 0 unspecified atom stereocenters. The summed E-state index contributed by atoms with van der Waals surface area (Å²) in [5, 5.41) is 2.64. The van der Waals surface area contributed by atoms with Crippen LogP contribution in [-0.2, 0) is 16.0 Å². The maximum absolute atomic E-state index is 11.4. The molecule has 0 spiro atoms. The van der Waals surface area contributed by atoms with Crippen LogP contribution < -0.4 is 5.32 Å². The van der Waals surface area contributed by atoms with E-state index < -0.39 is 11.7 Å². The number of esters is 1. The highest BCUT2D eigenvalue weighted by Crippen LogP contribution is 2.06. The lowest BCUT2D eigenvalue weighted by Gasteiger charge is -2.19. The van der Waals surface area contributed by atoms with Gasteiger partial charge in [-0.05, 0) is 26.8 Å². The molecule has 1 aromatic rings. The second-order valence-electron chi connectivity index (χ2n) is 5.06. The Morgan fingerprint density at radius 3 is 2.63 bits per heavy atom. The zero-order chi connectivity index (χ0) is 14.5. The summed E-state index contributed by atoms with van der Waals surface area (Å²) in [6.07, 6.45) is 2.97. The summed E-state index contributed by atoms with van der Waals surface area (Å²) in [4.78, 5) is 22.6. The number of alkyl carbamates (subject to hydrolysis) is 1. The average molecular weight is 268 g/mol. The molecule has 1 rings (SSSR count). The van der Waals surface area contributed by atoms with E-state index in [1.165, 1.54) is 7.11 Å². The van der Waals surface area contributed by atoms with Crippen LogP contribution in [0.15, 0.2) is 18.5 Å². The van der Waals surface area contributed by atoms with Crippen molar-refractivity contribution in [2.24, 2.45) is 0 Å². The molecule has 6 heteroatoms. The molecule has 0 radical (unpaired) electrons. The van der Waals surface area contributed by atoms with Gasteiger partial charge in [0.2, 0.25) is 0 Å². The zero-order valence-electron chi connectivity index (χ0n) is 11.7. The SMILES string of the molecule is COC(=O)c1ccn(CCNC(=O)OC(C)(C)C)c1. The van der Waals surface area contributed by atoms with Gasteiger partial charge in [0.15, 0.2) is 0 Å². The molecule has 0 fully saturated rings. The van der Waals surface area contributed by atoms with Gasteiger partial charge in [0.25, 0.3) is 0 Å². The number of hydrogen-bond acceptors (Lipinski definition) is 4. The molecule has 1 heterocycles. The Balaban J connectivity index is 2.35. The van der Waals surface area contributed by atoms with Gasteiger partial charge in [-0.1, -0.05) is 0 Å². The van der Waals surface area contributed by atoms with Gasteiger partial charge in [-0.15, -0.1) is 0 Å². The number of ether oxygens (including phenoxy) is 2. The van der Waals surface area contributed by atoms with Gasteiger partial charge >= 0.3 is 12.1 Å². The summed E-state index contributed by atoms with van der Waals surface area (Å²) in [6.45, 7) is 6.39. The van der Waals surface area contributed by atoms with Crippen molar-refractivity contribution in [3.63, 3.8) is 0 Å². The second-order valence-corrected chi connectivity index (χ2v) is 5.06. The van der Waals surface area contributed by atoms with Gasteiger partial charge in [0, 0.05) is 25.5 Å². The maximum Gasteiger partial charge on any atom is 0.407 e. The van der Waals surface area contributed by atoms with E-state index in [2.05, 4.69) is 10.1 Å². The van der Waals surface area contributed by atoms with Crippen LogP contribution in [0.2, 0.25) is 0 Å². The Hall–Kier alpha value is -1.98. The van der Waals surface area contributed by atoms with Crippen LogP contribution in [0.5, 0.6) is 0 Å². The van der Waals surface area contributed by atoms with Crippen molar-refractivity contribution in [2.75, 3.05) is 13.7 Å². The van der Waals surface area contributed by atoms with E-state index in [0.717, 1.165) is 0 Å². The van der Waals surface area contributed by atoms with E-state index in [-0.39, 0.29) is 5.97 Å². The molecule has 0 aromatic carbocycles. The lowest BCUT2D eigenvalue weighted by Crippen LogP contribution is -2.34. The second kappa shape index (κ2) is 6.26. The minimum atomic E-state index is -0.504. The third-order valence-electron chi connectivity index (χ3n) is 2.21. The Labute approximate surface area is 112 Å². The van der Waals surface area contributed by atoms with Crippen LogP contribution >= 0.6 is 0 Å². The fraction of sp³-hybridized carbons (Fsp3) is 0.538. The van der Waals surface area contributed by atoms with Crippen molar-refractivity contribution in [1.82, 2.24) is 9.88 Å². The molecule has 19 heavy (non-hydrogen) atoms. The lowest BCUT2D eigenvalue weighted by atomic mass is 10.2. The molecular formula is C13H20N2O4. The highest BCUT2D eigenvalue weighted by Gasteiger charge is 2.15. The third kappa shape index (κ3) is 5.46. The lowest BCUT2D eigenvalue weighted by molar-refractivity contribution is 0.0524. The van der Waals surface area contributed by atoms with Crippen molar-refractivity contribution in [3.05, 3.63) is 24.0 Å².